The number of nitrogens with one attached hydrogen (secondary N) is 2. The van der Waals surface area contributed by atoms with Gasteiger partial charge < -0.3 is 20.6 Å². The molecule has 2 atom stereocenters. The molecule has 1 aromatic carbocycles. The summed E-state index contributed by atoms with van der Waals surface area (Å²) in [5, 5.41) is 16.2. The molecule has 1 aliphatic rings. The molecular weight excluding hydrogens is 385 g/mol. The lowest BCUT2D eigenvalue weighted by molar-refractivity contribution is 0.266. The van der Waals surface area contributed by atoms with Crippen molar-refractivity contribution in [3.63, 3.8) is 0 Å². The number of aliphatic hydroxyl groups is 1. The number of rotatable bonds is 7. The topological polar surface area (TPSA) is 99.1 Å². The Labute approximate surface area is 174 Å². The van der Waals surface area contributed by atoms with E-state index in [0.29, 0.717) is 17.6 Å². The summed E-state index contributed by atoms with van der Waals surface area (Å²) in [6.07, 6.45) is 6.73. The fourth-order valence-electron chi connectivity index (χ4n) is 3.56. The third-order valence-electron chi connectivity index (χ3n) is 5.13. The number of aliphatic hydroxyl groups excluding tert-OH is 1. The van der Waals surface area contributed by atoms with Crippen LogP contribution in [0.4, 0.5) is 27.8 Å². The Balaban J connectivity index is 1.63. The first kappa shape index (κ1) is 20.0. The molecule has 30 heavy (non-hydrogen) atoms. The smallest absolute Gasteiger partial charge is 0.227 e. The van der Waals surface area contributed by atoms with Gasteiger partial charge in [0.05, 0.1) is 24.9 Å². The lowest BCUT2D eigenvalue weighted by Crippen LogP contribution is -2.33. The Morgan fingerprint density at radius 1 is 1.20 bits per heavy atom. The maximum Gasteiger partial charge on any atom is 0.227 e. The summed E-state index contributed by atoms with van der Waals surface area (Å²) in [4.78, 5) is 19.6. The molecule has 156 valence electrons. The van der Waals surface area contributed by atoms with E-state index in [0.717, 1.165) is 30.8 Å². The van der Waals surface area contributed by atoms with Crippen LogP contribution in [-0.4, -0.2) is 44.2 Å². The van der Waals surface area contributed by atoms with Gasteiger partial charge in [-0.3, -0.25) is 4.98 Å². The molecule has 1 aliphatic heterocycles. The van der Waals surface area contributed by atoms with E-state index in [1.165, 1.54) is 12.1 Å². The second-order valence-corrected chi connectivity index (χ2v) is 7.24. The van der Waals surface area contributed by atoms with Crippen LogP contribution in [0.25, 0.3) is 0 Å². The second kappa shape index (κ2) is 9.00. The number of aromatic nitrogens is 4. The van der Waals surface area contributed by atoms with Crippen LogP contribution >= 0.6 is 0 Å². The lowest BCUT2D eigenvalue weighted by Gasteiger charge is -2.25. The lowest BCUT2D eigenvalue weighted by atomic mass is 10.1. The molecule has 1 saturated heterocycles. The van der Waals surface area contributed by atoms with Crippen molar-refractivity contribution in [3.05, 3.63) is 60.3 Å². The molecule has 0 amide bonds. The van der Waals surface area contributed by atoms with Gasteiger partial charge in [0, 0.05) is 25.0 Å². The van der Waals surface area contributed by atoms with Crippen molar-refractivity contribution in [2.24, 2.45) is 0 Å². The number of anilines is 4. The van der Waals surface area contributed by atoms with E-state index >= 15 is 0 Å². The van der Waals surface area contributed by atoms with E-state index in [2.05, 4.69) is 35.5 Å². The molecule has 0 aliphatic carbocycles. The van der Waals surface area contributed by atoms with E-state index in [4.69, 9.17) is 0 Å². The number of halogens is 1. The van der Waals surface area contributed by atoms with Gasteiger partial charge in [-0.1, -0.05) is 12.1 Å². The summed E-state index contributed by atoms with van der Waals surface area (Å²) in [6, 6.07) is 8.08. The normalized spacial score (nSPS) is 17.0. The van der Waals surface area contributed by atoms with E-state index in [1.807, 2.05) is 13.0 Å². The molecule has 8 nitrogen and oxygen atoms in total. The highest BCUT2D eigenvalue weighted by molar-refractivity contribution is 5.60. The Kier molecular flexibility index (Phi) is 5.99. The molecule has 1 fully saturated rings. The molecule has 3 N–H and O–H groups in total. The molecule has 0 saturated carbocycles. The first-order valence-corrected chi connectivity index (χ1v) is 9.94. The van der Waals surface area contributed by atoms with E-state index in [9.17, 15) is 9.50 Å². The number of hydrogen-bond donors (Lipinski definition) is 3. The van der Waals surface area contributed by atoms with Crippen molar-refractivity contribution in [2.75, 3.05) is 28.7 Å². The predicted molar refractivity (Wildman–Crippen MR) is 113 cm³/mol. The van der Waals surface area contributed by atoms with Crippen molar-refractivity contribution in [3.8, 4) is 0 Å². The van der Waals surface area contributed by atoms with Crippen LogP contribution in [0, 0.1) is 5.82 Å². The first-order valence-electron chi connectivity index (χ1n) is 9.94. The minimum atomic E-state index is -0.274. The molecule has 2 aromatic heterocycles. The molecule has 4 rings (SSSR count). The quantitative estimate of drug-likeness (QED) is 0.547. The number of benzene rings is 1. The van der Waals surface area contributed by atoms with Gasteiger partial charge >= 0.3 is 0 Å². The molecule has 0 spiro atoms. The molecular formula is C21H24FN7O. The van der Waals surface area contributed by atoms with Gasteiger partial charge in [-0.2, -0.15) is 9.97 Å². The Bertz CT molecular complexity index is 971. The summed E-state index contributed by atoms with van der Waals surface area (Å²) in [5.74, 6) is 2.02. The van der Waals surface area contributed by atoms with Crippen LogP contribution in [0.15, 0.2) is 48.9 Å². The van der Waals surface area contributed by atoms with Crippen LogP contribution in [0.1, 0.15) is 31.4 Å². The van der Waals surface area contributed by atoms with E-state index < -0.39 is 0 Å². The van der Waals surface area contributed by atoms with Crippen LogP contribution in [0.3, 0.4) is 0 Å². The summed E-state index contributed by atoms with van der Waals surface area (Å²) in [7, 11) is 0. The maximum absolute atomic E-state index is 13.2. The highest BCUT2D eigenvalue weighted by atomic mass is 19.1. The van der Waals surface area contributed by atoms with Gasteiger partial charge in [0.1, 0.15) is 23.3 Å². The fourth-order valence-corrected chi connectivity index (χ4v) is 3.56. The number of hydrogen-bond acceptors (Lipinski definition) is 8. The zero-order chi connectivity index (χ0) is 20.9. The molecule has 9 heteroatoms. The zero-order valence-corrected chi connectivity index (χ0v) is 16.7. The zero-order valence-electron chi connectivity index (χ0n) is 16.7. The average Bonchev–Trinajstić information content (AvgIpc) is 3.24. The molecule has 3 aromatic rings. The minimum absolute atomic E-state index is 0.0339. The maximum atomic E-state index is 13.2. The van der Waals surface area contributed by atoms with Crippen molar-refractivity contribution in [1.82, 2.24) is 19.9 Å². The standard InChI is InChI=1S/C21H24FN7O/c1-14(15-4-6-16(22)7-5-15)25-21-27-18(26-19-12-23-8-9-24-19)11-20(28-21)29-10-2-3-17(29)13-30/h4-9,11-12,14,17,30H,2-3,10,13H2,1H3,(H2,24,25,26,27,28)/t14-,17+/m0/s1. The summed E-state index contributed by atoms with van der Waals surface area (Å²) >= 11 is 0. The highest BCUT2D eigenvalue weighted by Gasteiger charge is 2.26. The van der Waals surface area contributed by atoms with Gasteiger partial charge in [-0.05, 0) is 37.5 Å². The third kappa shape index (κ3) is 4.62. The molecule has 0 radical (unpaired) electrons. The predicted octanol–water partition coefficient (Wildman–Crippen LogP) is 3.28. The molecule has 0 bridgehead atoms. The van der Waals surface area contributed by atoms with Crippen molar-refractivity contribution >= 4 is 23.4 Å². The third-order valence-corrected chi connectivity index (χ3v) is 5.13. The summed E-state index contributed by atoms with van der Waals surface area (Å²) in [5.41, 5.74) is 0.920. The fraction of sp³-hybridized carbons (Fsp3) is 0.333. The van der Waals surface area contributed by atoms with Crippen molar-refractivity contribution in [2.45, 2.75) is 31.8 Å². The van der Waals surface area contributed by atoms with Crippen LogP contribution in [0.2, 0.25) is 0 Å². The average molecular weight is 409 g/mol. The highest BCUT2D eigenvalue weighted by Crippen LogP contribution is 2.28. The molecule has 0 unspecified atom stereocenters. The molecule has 3 heterocycles. The van der Waals surface area contributed by atoms with Gasteiger partial charge in [-0.15, -0.1) is 0 Å². The van der Waals surface area contributed by atoms with Crippen LogP contribution in [-0.2, 0) is 0 Å². The van der Waals surface area contributed by atoms with Crippen LogP contribution < -0.4 is 15.5 Å². The van der Waals surface area contributed by atoms with E-state index in [-0.39, 0.29) is 24.5 Å². The summed E-state index contributed by atoms with van der Waals surface area (Å²) < 4.78 is 13.2. The van der Waals surface area contributed by atoms with Crippen molar-refractivity contribution in [1.29, 1.82) is 0 Å². The number of nitrogens with zero attached hydrogens (tertiary/aromatic N) is 5. The van der Waals surface area contributed by atoms with E-state index in [1.54, 1.807) is 30.7 Å². The Morgan fingerprint density at radius 2 is 2.03 bits per heavy atom. The minimum Gasteiger partial charge on any atom is -0.394 e. The Hall–Kier alpha value is -3.33. The van der Waals surface area contributed by atoms with Gasteiger partial charge in [0.15, 0.2) is 0 Å². The SMILES string of the molecule is C[C@H](Nc1nc(Nc2cnccn2)cc(N2CCC[C@@H]2CO)n1)c1ccc(F)cc1. The second-order valence-electron chi connectivity index (χ2n) is 7.24. The summed E-state index contributed by atoms with van der Waals surface area (Å²) in [6.45, 7) is 2.86. The Morgan fingerprint density at radius 3 is 2.77 bits per heavy atom. The van der Waals surface area contributed by atoms with Gasteiger partial charge in [-0.25, -0.2) is 9.37 Å². The first-order chi connectivity index (χ1) is 14.6. The van der Waals surface area contributed by atoms with Crippen molar-refractivity contribution < 1.29 is 9.50 Å². The largest absolute Gasteiger partial charge is 0.394 e. The van der Waals surface area contributed by atoms with Gasteiger partial charge in [0.25, 0.3) is 0 Å². The van der Waals surface area contributed by atoms with Crippen LogP contribution in [0.5, 0.6) is 0 Å². The monoisotopic (exact) mass is 409 g/mol. The van der Waals surface area contributed by atoms with Gasteiger partial charge in [0.2, 0.25) is 5.95 Å².